The van der Waals surface area contributed by atoms with Crippen molar-refractivity contribution in [1.82, 2.24) is 0 Å². The second-order valence-electron chi connectivity index (χ2n) is 8.88. The fraction of sp³-hybridized carbons (Fsp3) is 0.200. The number of allylic oxidation sites excluding steroid dienone is 1. The Labute approximate surface area is 229 Å². The Balaban J connectivity index is 1.40. The summed E-state index contributed by atoms with van der Waals surface area (Å²) in [5, 5.41) is 11.0. The third-order valence-electron chi connectivity index (χ3n) is 6.35. The molecule has 1 aliphatic heterocycles. The van der Waals surface area contributed by atoms with Gasteiger partial charge in [0.25, 0.3) is 0 Å². The first kappa shape index (κ1) is 25.7. The molecule has 2 heterocycles. The molecule has 1 aliphatic rings. The number of thiophene rings is 1. The standard InChI is InChI=1S/C30H25ClN2O4S/c1-2-3-6-15-35-19-11-9-18(10-12-19)26-21-14-13-20(16-24(21)37-29(33)23(26)17-32)36-30(34)28-27(31)22-7-4-5-8-25(22)38-28/h4-5,7-14,16,26H,2-3,6,15,33H2,1H3. The topological polar surface area (TPSA) is 94.6 Å². The van der Waals surface area contributed by atoms with Crippen LogP contribution >= 0.6 is 22.9 Å². The highest BCUT2D eigenvalue weighted by Gasteiger charge is 2.31. The van der Waals surface area contributed by atoms with E-state index in [0.29, 0.717) is 27.8 Å². The van der Waals surface area contributed by atoms with Gasteiger partial charge in [0.1, 0.15) is 33.8 Å². The number of halogens is 1. The predicted octanol–water partition coefficient (Wildman–Crippen LogP) is 7.56. The lowest BCUT2D eigenvalue weighted by molar-refractivity contribution is 0.0740. The number of hydrogen-bond donors (Lipinski definition) is 1. The van der Waals surface area contributed by atoms with E-state index in [4.69, 9.17) is 31.5 Å². The molecule has 5 rings (SSSR count). The summed E-state index contributed by atoms with van der Waals surface area (Å²) in [6.07, 6.45) is 3.27. The van der Waals surface area contributed by atoms with Crippen LogP contribution in [0.15, 0.2) is 78.2 Å². The summed E-state index contributed by atoms with van der Waals surface area (Å²) in [7, 11) is 0. The fourth-order valence-corrected chi connectivity index (χ4v) is 5.82. The summed E-state index contributed by atoms with van der Waals surface area (Å²) in [5.74, 6) is 0.499. The van der Waals surface area contributed by atoms with Gasteiger partial charge < -0.3 is 19.9 Å². The number of rotatable bonds is 8. The van der Waals surface area contributed by atoms with E-state index < -0.39 is 11.9 Å². The van der Waals surface area contributed by atoms with Crippen molar-refractivity contribution >= 4 is 39.0 Å². The zero-order chi connectivity index (χ0) is 26.6. The van der Waals surface area contributed by atoms with E-state index in [1.165, 1.54) is 11.3 Å². The quantitative estimate of drug-likeness (QED) is 0.140. The Kier molecular flexibility index (Phi) is 7.54. The molecule has 2 N–H and O–H groups in total. The maximum absolute atomic E-state index is 12.9. The van der Waals surface area contributed by atoms with Gasteiger partial charge in [-0.15, -0.1) is 11.3 Å². The van der Waals surface area contributed by atoms with E-state index >= 15 is 0 Å². The van der Waals surface area contributed by atoms with Crippen LogP contribution in [0.2, 0.25) is 5.02 Å². The molecule has 6 nitrogen and oxygen atoms in total. The summed E-state index contributed by atoms with van der Waals surface area (Å²) in [4.78, 5) is 13.3. The molecule has 1 unspecified atom stereocenters. The minimum Gasteiger partial charge on any atom is -0.494 e. The Hall–Kier alpha value is -3.99. The van der Waals surface area contributed by atoms with Crippen molar-refractivity contribution in [1.29, 1.82) is 5.26 Å². The summed E-state index contributed by atoms with van der Waals surface area (Å²) < 4.78 is 18.2. The SMILES string of the molecule is CCCCCOc1ccc(C2C(C#N)=C(N)Oc3cc(OC(=O)c4sc5ccccc5c4Cl)ccc32)cc1. The zero-order valence-corrected chi connectivity index (χ0v) is 22.3. The second-order valence-corrected chi connectivity index (χ2v) is 10.3. The lowest BCUT2D eigenvalue weighted by Crippen LogP contribution is -2.21. The molecule has 0 fully saturated rings. The van der Waals surface area contributed by atoms with Crippen molar-refractivity contribution in [2.45, 2.75) is 32.1 Å². The number of carbonyl (C=O) groups is 1. The molecule has 0 spiro atoms. The van der Waals surface area contributed by atoms with Crippen LogP contribution in [0.1, 0.15) is 52.9 Å². The van der Waals surface area contributed by atoms with Crippen LogP contribution in [0.4, 0.5) is 0 Å². The predicted molar refractivity (Wildman–Crippen MR) is 149 cm³/mol. The normalized spacial score (nSPS) is 14.5. The van der Waals surface area contributed by atoms with Crippen LogP contribution in [0.25, 0.3) is 10.1 Å². The van der Waals surface area contributed by atoms with Gasteiger partial charge in [-0.25, -0.2) is 4.79 Å². The Morgan fingerprint density at radius 3 is 2.61 bits per heavy atom. The third-order valence-corrected chi connectivity index (χ3v) is 8.01. The van der Waals surface area contributed by atoms with E-state index in [1.807, 2.05) is 48.5 Å². The maximum atomic E-state index is 12.9. The van der Waals surface area contributed by atoms with Gasteiger partial charge in [0.05, 0.1) is 17.5 Å². The number of ether oxygens (including phenoxy) is 3. The summed E-state index contributed by atoms with van der Waals surface area (Å²) in [6, 6.07) is 22.4. The van der Waals surface area contributed by atoms with Gasteiger partial charge in [-0.2, -0.15) is 5.26 Å². The molecule has 4 aromatic rings. The molecular formula is C30H25ClN2O4S. The summed E-state index contributed by atoms with van der Waals surface area (Å²) >= 11 is 7.73. The average Bonchev–Trinajstić information content (AvgIpc) is 3.27. The van der Waals surface area contributed by atoms with Gasteiger partial charge in [0, 0.05) is 21.7 Å². The van der Waals surface area contributed by atoms with E-state index in [-0.39, 0.29) is 11.6 Å². The van der Waals surface area contributed by atoms with Gasteiger partial charge in [-0.3, -0.25) is 0 Å². The second kappa shape index (κ2) is 11.2. The zero-order valence-electron chi connectivity index (χ0n) is 20.7. The van der Waals surface area contributed by atoms with Crippen molar-refractivity contribution in [3.8, 4) is 23.3 Å². The molecular weight excluding hydrogens is 520 g/mol. The van der Waals surface area contributed by atoms with Crippen molar-refractivity contribution in [2.75, 3.05) is 6.61 Å². The van der Waals surface area contributed by atoms with Gasteiger partial charge in [0.15, 0.2) is 0 Å². The number of benzene rings is 3. The lowest BCUT2D eigenvalue weighted by Gasteiger charge is -2.26. The van der Waals surface area contributed by atoms with Crippen molar-refractivity contribution in [2.24, 2.45) is 5.73 Å². The minimum atomic E-state index is -0.556. The number of esters is 1. The largest absolute Gasteiger partial charge is 0.494 e. The molecule has 0 amide bonds. The van der Waals surface area contributed by atoms with Crippen molar-refractivity contribution < 1.29 is 19.0 Å². The first-order chi connectivity index (χ1) is 18.5. The van der Waals surface area contributed by atoms with Gasteiger partial charge >= 0.3 is 5.97 Å². The van der Waals surface area contributed by atoms with E-state index in [0.717, 1.165) is 46.2 Å². The average molecular weight is 545 g/mol. The Bertz CT molecular complexity index is 1570. The number of hydrogen-bond acceptors (Lipinski definition) is 7. The highest BCUT2D eigenvalue weighted by molar-refractivity contribution is 7.21. The molecule has 0 bridgehead atoms. The number of nitriles is 1. The Morgan fingerprint density at radius 2 is 1.87 bits per heavy atom. The molecule has 192 valence electrons. The molecule has 0 aliphatic carbocycles. The number of nitrogens with zero attached hydrogens (tertiary/aromatic N) is 1. The molecule has 38 heavy (non-hydrogen) atoms. The molecule has 1 atom stereocenters. The van der Waals surface area contributed by atoms with Crippen LogP contribution in [-0.4, -0.2) is 12.6 Å². The third kappa shape index (κ3) is 5.06. The molecule has 8 heteroatoms. The number of nitrogens with two attached hydrogens (primary N) is 1. The van der Waals surface area contributed by atoms with Crippen LogP contribution in [0.5, 0.6) is 17.2 Å². The van der Waals surface area contributed by atoms with Crippen LogP contribution in [0, 0.1) is 11.3 Å². The van der Waals surface area contributed by atoms with Crippen molar-refractivity contribution in [3.05, 3.63) is 99.2 Å². The minimum absolute atomic E-state index is 0.0147. The van der Waals surface area contributed by atoms with Gasteiger partial charge in [0.2, 0.25) is 5.88 Å². The summed E-state index contributed by atoms with van der Waals surface area (Å²) in [6.45, 7) is 2.82. The number of fused-ring (bicyclic) bond motifs is 2. The van der Waals surface area contributed by atoms with Crippen LogP contribution < -0.4 is 19.9 Å². The van der Waals surface area contributed by atoms with E-state index in [9.17, 15) is 10.1 Å². The fourth-order valence-electron chi connectivity index (χ4n) is 4.44. The number of carbonyl (C=O) groups excluding carboxylic acids is 1. The monoisotopic (exact) mass is 544 g/mol. The smallest absolute Gasteiger partial charge is 0.355 e. The summed E-state index contributed by atoms with van der Waals surface area (Å²) in [5.41, 5.74) is 8.08. The highest BCUT2D eigenvalue weighted by atomic mass is 35.5. The molecule has 0 saturated carbocycles. The van der Waals surface area contributed by atoms with Gasteiger partial charge in [-0.05, 0) is 36.2 Å². The molecule has 0 radical (unpaired) electrons. The first-order valence-corrected chi connectivity index (χ1v) is 13.5. The highest BCUT2D eigenvalue weighted by Crippen LogP contribution is 2.44. The van der Waals surface area contributed by atoms with Crippen LogP contribution in [-0.2, 0) is 0 Å². The van der Waals surface area contributed by atoms with E-state index in [1.54, 1.807) is 18.2 Å². The lowest BCUT2D eigenvalue weighted by atomic mass is 9.83. The van der Waals surface area contributed by atoms with Gasteiger partial charge in [-0.1, -0.05) is 67.8 Å². The van der Waals surface area contributed by atoms with Crippen molar-refractivity contribution in [3.63, 3.8) is 0 Å². The van der Waals surface area contributed by atoms with E-state index in [2.05, 4.69) is 13.0 Å². The first-order valence-electron chi connectivity index (χ1n) is 12.3. The molecule has 1 aromatic heterocycles. The Morgan fingerprint density at radius 1 is 1.11 bits per heavy atom. The molecule has 0 saturated heterocycles. The molecule has 3 aromatic carbocycles. The maximum Gasteiger partial charge on any atom is 0.355 e. The number of unbranched alkanes of at least 4 members (excludes halogenated alkanes) is 2. The van der Waals surface area contributed by atoms with Crippen LogP contribution in [0.3, 0.4) is 0 Å².